The molecule has 1 fully saturated rings. The van der Waals surface area contributed by atoms with Gasteiger partial charge in [-0.3, -0.25) is 0 Å². The second-order valence-electron chi connectivity index (χ2n) is 11.2. The van der Waals surface area contributed by atoms with Crippen LogP contribution in [0.2, 0.25) is 0 Å². The Morgan fingerprint density at radius 1 is 0.579 bits per heavy atom. The van der Waals surface area contributed by atoms with Gasteiger partial charge in [-0.25, -0.2) is 0 Å². The van der Waals surface area contributed by atoms with Crippen LogP contribution in [0.15, 0.2) is 108 Å². The highest BCUT2D eigenvalue weighted by molar-refractivity contribution is 6.66. The van der Waals surface area contributed by atoms with Crippen molar-refractivity contribution in [1.29, 1.82) is 0 Å². The monoisotopic (exact) mass is 496 g/mol. The van der Waals surface area contributed by atoms with Gasteiger partial charge in [-0.05, 0) is 72.8 Å². The number of hydrogen-bond donors (Lipinski definition) is 0. The lowest BCUT2D eigenvalue weighted by Gasteiger charge is -2.32. The van der Waals surface area contributed by atoms with Gasteiger partial charge in [-0.15, -0.1) is 0 Å². The first kappa shape index (κ1) is 23.3. The summed E-state index contributed by atoms with van der Waals surface area (Å²) in [4.78, 5) is 0. The van der Waals surface area contributed by atoms with Crippen LogP contribution < -0.4 is 5.46 Å². The van der Waals surface area contributed by atoms with E-state index >= 15 is 0 Å². The molecule has 5 aromatic carbocycles. The molecule has 1 aliphatic rings. The molecular weight excluding hydrogens is 467 g/mol. The summed E-state index contributed by atoms with van der Waals surface area (Å²) in [6, 6.07) is 36.3. The molecule has 0 spiro atoms. The van der Waals surface area contributed by atoms with Crippen LogP contribution >= 0.6 is 0 Å². The van der Waals surface area contributed by atoms with Crippen molar-refractivity contribution < 1.29 is 13.7 Å². The Hall–Kier alpha value is -3.86. The maximum absolute atomic E-state index is 6.49. The fourth-order valence-electron chi connectivity index (χ4n) is 5.48. The number of benzene rings is 5. The molecule has 4 heteroatoms. The van der Waals surface area contributed by atoms with Gasteiger partial charge in [-0.1, -0.05) is 91.0 Å². The van der Waals surface area contributed by atoms with Crippen LogP contribution in [0, 0.1) is 0 Å². The molecule has 2 heterocycles. The van der Waals surface area contributed by atoms with E-state index in [4.69, 9.17) is 13.7 Å². The summed E-state index contributed by atoms with van der Waals surface area (Å²) >= 11 is 0. The first-order valence-electron chi connectivity index (χ1n) is 13.2. The number of furan rings is 1. The van der Waals surface area contributed by atoms with E-state index in [1.165, 1.54) is 21.9 Å². The van der Waals surface area contributed by atoms with Crippen molar-refractivity contribution in [1.82, 2.24) is 0 Å². The molecular formula is C34H29BO3. The van der Waals surface area contributed by atoms with Crippen molar-refractivity contribution in [3.63, 3.8) is 0 Å². The number of para-hydroxylation sites is 1. The Balaban J connectivity index is 1.30. The highest BCUT2D eigenvalue weighted by Gasteiger charge is 2.52. The van der Waals surface area contributed by atoms with Crippen molar-refractivity contribution in [2.24, 2.45) is 0 Å². The third-order valence-electron chi connectivity index (χ3n) is 8.34. The van der Waals surface area contributed by atoms with Crippen molar-refractivity contribution in [3.05, 3.63) is 103 Å². The third kappa shape index (κ3) is 3.59. The Bertz CT molecular complexity index is 1810. The number of rotatable bonds is 3. The average Bonchev–Trinajstić information content (AvgIpc) is 3.41. The van der Waals surface area contributed by atoms with Gasteiger partial charge in [0.15, 0.2) is 0 Å². The lowest BCUT2D eigenvalue weighted by molar-refractivity contribution is 0.00578. The first-order chi connectivity index (χ1) is 18.3. The molecule has 0 N–H and O–H groups in total. The molecule has 0 bridgehead atoms. The standard InChI is InChI=1S/C34H29BO3/c1-33(2)34(3,4)38-35(37-33)29-13-8-14-30-31(29)28-12-7-11-27(32(28)36-30)24-18-15-23(16-19-24)26-20-17-22-9-5-6-10-25(22)21-26/h5-21H,1-4H3. The lowest BCUT2D eigenvalue weighted by atomic mass is 9.76. The van der Waals surface area contributed by atoms with E-state index in [1.807, 2.05) is 12.1 Å². The summed E-state index contributed by atoms with van der Waals surface area (Å²) in [6.07, 6.45) is 0. The van der Waals surface area contributed by atoms with E-state index < -0.39 is 18.3 Å². The number of hydrogen-bond acceptors (Lipinski definition) is 3. The maximum atomic E-state index is 6.49. The molecule has 6 aromatic rings. The van der Waals surface area contributed by atoms with Gasteiger partial charge >= 0.3 is 7.12 Å². The fraction of sp³-hybridized carbons (Fsp3) is 0.176. The molecule has 7 rings (SSSR count). The van der Waals surface area contributed by atoms with Gasteiger partial charge in [0.2, 0.25) is 0 Å². The van der Waals surface area contributed by atoms with Gasteiger partial charge in [-0.2, -0.15) is 0 Å². The summed E-state index contributed by atoms with van der Waals surface area (Å²) in [5.74, 6) is 0. The van der Waals surface area contributed by atoms with Crippen LogP contribution in [0.1, 0.15) is 27.7 Å². The molecule has 0 aliphatic carbocycles. The summed E-state index contributed by atoms with van der Waals surface area (Å²) in [7, 11) is -0.450. The lowest BCUT2D eigenvalue weighted by Crippen LogP contribution is -2.41. The predicted octanol–water partition coefficient (Wildman–Crippen LogP) is 8.37. The Morgan fingerprint density at radius 2 is 1.24 bits per heavy atom. The molecule has 0 amide bonds. The van der Waals surface area contributed by atoms with Gasteiger partial charge in [0, 0.05) is 16.3 Å². The normalized spacial score (nSPS) is 16.6. The molecule has 1 aromatic heterocycles. The van der Waals surface area contributed by atoms with Crippen LogP contribution in [0.4, 0.5) is 0 Å². The van der Waals surface area contributed by atoms with Crippen molar-refractivity contribution >= 4 is 45.3 Å². The summed E-state index contributed by atoms with van der Waals surface area (Å²) in [5.41, 5.74) is 6.51. The van der Waals surface area contributed by atoms with Crippen LogP contribution in [0.3, 0.4) is 0 Å². The summed E-state index contributed by atoms with van der Waals surface area (Å²) < 4.78 is 19.3. The van der Waals surface area contributed by atoms with Crippen molar-refractivity contribution in [2.75, 3.05) is 0 Å². The van der Waals surface area contributed by atoms with Crippen LogP contribution in [0.5, 0.6) is 0 Å². The number of fused-ring (bicyclic) bond motifs is 4. The largest absolute Gasteiger partial charge is 0.495 e. The zero-order valence-electron chi connectivity index (χ0n) is 22.1. The van der Waals surface area contributed by atoms with E-state index in [1.54, 1.807) is 0 Å². The molecule has 0 saturated carbocycles. The zero-order chi connectivity index (χ0) is 26.1. The van der Waals surface area contributed by atoms with Gasteiger partial charge < -0.3 is 13.7 Å². The quantitative estimate of drug-likeness (QED) is 0.231. The van der Waals surface area contributed by atoms with Crippen LogP contribution in [0.25, 0.3) is 55.0 Å². The van der Waals surface area contributed by atoms with Crippen LogP contribution in [-0.2, 0) is 9.31 Å². The molecule has 3 nitrogen and oxygen atoms in total. The van der Waals surface area contributed by atoms with E-state index in [-0.39, 0.29) is 0 Å². The minimum atomic E-state index is -0.450. The van der Waals surface area contributed by atoms with Crippen LogP contribution in [-0.4, -0.2) is 18.3 Å². The SMILES string of the molecule is CC1(C)OB(c2cccc3oc4c(-c5ccc(-c6ccc7ccccc7c6)cc5)cccc4c23)OC1(C)C. The molecule has 38 heavy (non-hydrogen) atoms. The molecule has 0 unspecified atom stereocenters. The van der Waals surface area contributed by atoms with Gasteiger partial charge in [0.1, 0.15) is 11.2 Å². The second-order valence-corrected chi connectivity index (χ2v) is 11.2. The molecule has 186 valence electrons. The molecule has 0 radical (unpaired) electrons. The smallest absolute Gasteiger partial charge is 0.455 e. The third-order valence-corrected chi connectivity index (χ3v) is 8.34. The van der Waals surface area contributed by atoms with E-state index in [9.17, 15) is 0 Å². The van der Waals surface area contributed by atoms with Gasteiger partial charge in [0.05, 0.1) is 11.2 Å². The Labute approximate surface area is 223 Å². The van der Waals surface area contributed by atoms with E-state index in [0.29, 0.717) is 0 Å². The Morgan fingerprint density at radius 3 is 2.00 bits per heavy atom. The Kier molecular flexibility index (Phi) is 5.10. The second kappa shape index (κ2) is 8.32. The minimum absolute atomic E-state index is 0.405. The minimum Gasteiger partial charge on any atom is -0.455 e. The van der Waals surface area contributed by atoms with Gasteiger partial charge in [0.25, 0.3) is 0 Å². The topological polar surface area (TPSA) is 31.6 Å². The highest BCUT2D eigenvalue weighted by Crippen LogP contribution is 2.40. The first-order valence-corrected chi connectivity index (χ1v) is 13.2. The zero-order valence-corrected chi connectivity index (χ0v) is 22.1. The van der Waals surface area contributed by atoms with Crippen molar-refractivity contribution in [2.45, 2.75) is 38.9 Å². The average molecular weight is 496 g/mol. The predicted molar refractivity (Wildman–Crippen MR) is 158 cm³/mol. The van der Waals surface area contributed by atoms with E-state index in [0.717, 1.165) is 38.5 Å². The highest BCUT2D eigenvalue weighted by atomic mass is 16.7. The fourth-order valence-corrected chi connectivity index (χ4v) is 5.48. The van der Waals surface area contributed by atoms with Crippen molar-refractivity contribution in [3.8, 4) is 22.3 Å². The summed E-state index contributed by atoms with van der Waals surface area (Å²) in [6.45, 7) is 8.33. The molecule has 1 saturated heterocycles. The van der Waals surface area contributed by atoms with E-state index in [2.05, 4.69) is 119 Å². The molecule has 0 atom stereocenters. The molecule has 1 aliphatic heterocycles. The maximum Gasteiger partial charge on any atom is 0.495 e. The summed E-state index contributed by atoms with van der Waals surface area (Å²) in [5, 5.41) is 4.63.